The number of hydrogen-bond acceptors (Lipinski definition) is 7. The van der Waals surface area contributed by atoms with Crippen molar-refractivity contribution in [2.24, 2.45) is 0 Å². The van der Waals surface area contributed by atoms with E-state index in [0.717, 1.165) is 11.3 Å². The molecule has 0 amide bonds. The molecular formula is C19H18N4O3S. The Labute approximate surface area is 160 Å². The number of hydrogen-bond donors (Lipinski definition) is 0. The molecule has 2 heterocycles. The van der Waals surface area contributed by atoms with E-state index >= 15 is 0 Å². The summed E-state index contributed by atoms with van der Waals surface area (Å²) < 4.78 is 6.12. The number of aromatic nitrogens is 4. The highest BCUT2D eigenvalue weighted by Gasteiger charge is 2.28. The van der Waals surface area contributed by atoms with Gasteiger partial charge in [-0.25, -0.2) is 9.50 Å². The van der Waals surface area contributed by atoms with Crippen molar-refractivity contribution in [1.82, 2.24) is 19.6 Å². The average molecular weight is 382 g/mol. The van der Waals surface area contributed by atoms with Crippen molar-refractivity contribution in [2.45, 2.75) is 30.8 Å². The smallest absolute Gasteiger partial charge is 0.316 e. The normalized spacial score (nSPS) is 16.4. The van der Waals surface area contributed by atoms with Crippen LogP contribution in [0.2, 0.25) is 0 Å². The van der Waals surface area contributed by atoms with E-state index in [4.69, 9.17) is 0 Å². The molecule has 0 radical (unpaired) electrons. The van der Waals surface area contributed by atoms with Gasteiger partial charge in [0.1, 0.15) is 0 Å². The SMILES string of the molecule is COC(=O)CSc1nc2nc3c(cn2n1)C(=O)C[C@@H](c1cccc(C)c1)C3. The van der Waals surface area contributed by atoms with Gasteiger partial charge < -0.3 is 4.74 Å². The first-order valence-corrected chi connectivity index (χ1v) is 9.57. The van der Waals surface area contributed by atoms with Gasteiger partial charge >= 0.3 is 5.97 Å². The van der Waals surface area contributed by atoms with Crippen LogP contribution >= 0.6 is 11.8 Å². The van der Waals surface area contributed by atoms with E-state index in [0.29, 0.717) is 29.3 Å². The molecule has 0 saturated carbocycles. The van der Waals surface area contributed by atoms with Crippen molar-refractivity contribution in [3.8, 4) is 0 Å². The fourth-order valence-corrected chi connectivity index (χ4v) is 3.92. The van der Waals surface area contributed by atoms with E-state index in [-0.39, 0.29) is 23.4 Å². The number of esters is 1. The summed E-state index contributed by atoms with van der Waals surface area (Å²) >= 11 is 1.18. The lowest BCUT2D eigenvalue weighted by molar-refractivity contribution is -0.137. The standard InChI is InChI=1S/C19H18N4O3S/c1-11-4-3-5-12(6-11)13-7-15-14(16(24)8-13)9-23-18(20-15)21-19(22-23)27-10-17(25)26-2/h3-6,9,13H,7-8,10H2,1-2H3/t13-/m0/s1. The largest absolute Gasteiger partial charge is 0.468 e. The summed E-state index contributed by atoms with van der Waals surface area (Å²) in [7, 11) is 1.34. The Hall–Kier alpha value is -2.74. The van der Waals surface area contributed by atoms with Gasteiger partial charge in [-0.3, -0.25) is 9.59 Å². The Morgan fingerprint density at radius 1 is 1.33 bits per heavy atom. The molecule has 0 aliphatic heterocycles. The van der Waals surface area contributed by atoms with Crippen LogP contribution in [-0.4, -0.2) is 44.2 Å². The molecule has 2 aromatic heterocycles. The van der Waals surface area contributed by atoms with Crippen molar-refractivity contribution in [1.29, 1.82) is 0 Å². The summed E-state index contributed by atoms with van der Waals surface area (Å²) in [4.78, 5) is 32.9. The lowest BCUT2D eigenvalue weighted by atomic mass is 9.82. The van der Waals surface area contributed by atoms with Crippen LogP contribution in [0.3, 0.4) is 0 Å². The molecule has 0 fully saturated rings. The predicted octanol–water partition coefficient (Wildman–Crippen LogP) is 2.61. The van der Waals surface area contributed by atoms with Gasteiger partial charge in [0, 0.05) is 12.6 Å². The topological polar surface area (TPSA) is 86.4 Å². The molecule has 0 saturated heterocycles. The Kier molecular flexibility index (Phi) is 4.65. The van der Waals surface area contributed by atoms with Gasteiger partial charge in [0.25, 0.3) is 5.78 Å². The number of thioether (sulfide) groups is 1. The lowest BCUT2D eigenvalue weighted by Crippen LogP contribution is -2.21. The van der Waals surface area contributed by atoms with Crippen LogP contribution in [0.15, 0.2) is 35.6 Å². The maximum Gasteiger partial charge on any atom is 0.316 e. The predicted molar refractivity (Wildman–Crippen MR) is 100 cm³/mol. The highest BCUT2D eigenvalue weighted by Crippen LogP contribution is 2.32. The Bertz CT molecular complexity index is 1050. The van der Waals surface area contributed by atoms with Crippen LogP contribution < -0.4 is 0 Å². The summed E-state index contributed by atoms with van der Waals surface area (Å²) in [5, 5.41) is 4.72. The first-order valence-electron chi connectivity index (χ1n) is 8.59. The molecule has 0 spiro atoms. The van der Waals surface area contributed by atoms with E-state index < -0.39 is 0 Å². The summed E-state index contributed by atoms with van der Waals surface area (Å²) in [5.74, 6) is 0.398. The Balaban J connectivity index is 1.63. The van der Waals surface area contributed by atoms with Crippen LogP contribution in [0.4, 0.5) is 0 Å². The molecule has 1 aromatic carbocycles. The number of aryl methyl sites for hydroxylation is 1. The van der Waals surface area contributed by atoms with Crippen molar-refractivity contribution in [2.75, 3.05) is 12.9 Å². The highest BCUT2D eigenvalue weighted by molar-refractivity contribution is 7.99. The molecular weight excluding hydrogens is 364 g/mol. The zero-order chi connectivity index (χ0) is 19.0. The molecule has 3 aromatic rings. The van der Waals surface area contributed by atoms with E-state index in [9.17, 15) is 9.59 Å². The second-order valence-corrected chi connectivity index (χ2v) is 7.49. The van der Waals surface area contributed by atoms with Crippen LogP contribution in [0, 0.1) is 6.92 Å². The lowest BCUT2D eigenvalue weighted by Gasteiger charge is -2.23. The number of carbonyl (C=O) groups is 2. The number of ether oxygens (including phenoxy) is 1. The molecule has 1 atom stereocenters. The molecule has 1 aliphatic carbocycles. The van der Waals surface area contributed by atoms with Crippen LogP contribution in [0.1, 0.15) is 39.5 Å². The van der Waals surface area contributed by atoms with E-state index in [2.05, 4.69) is 31.9 Å². The summed E-state index contributed by atoms with van der Waals surface area (Å²) in [6.07, 6.45) is 2.85. The molecule has 27 heavy (non-hydrogen) atoms. The van der Waals surface area contributed by atoms with Crippen molar-refractivity contribution in [3.63, 3.8) is 0 Å². The minimum absolute atomic E-state index is 0.0661. The van der Waals surface area contributed by atoms with Gasteiger partial charge in [0.15, 0.2) is 5.78 Å². The van der Waals surface area contributed by atoms with Crippen LogP contribution in [-0.2, 0) is 16.0 Å². The zero-order valence-corrected chi connectivity index (χ0v) is 15.8. The zero-order valence-electron chi connectivity index (χ0n) is 15.0. The molecule has 0 bridgehead atoms. The molecule has 4 rings (SSSR count). The van der Waals surface area contributed by atoms with E-state index in [1.807, 2.05) is 19.1 Å². The minimum Gasteiger partial charge on any atom is -0.468 e. The van der Waals surface area contributed by atoms with E-state index in [1.54, 1.807) is 6.20 Å². The van der Waals surface area contributed by atoms with E-state index in [1.165, 1.54) is 29.0 Å². The number of fused-ring (bicyclic) bond motifs is 2. The summed E-state index contributed by atoms with van der Waals surface area (Å²) in [5.41, 5.74) is 3.69. The van der Waals surface area contributed by atoms with Gasteiger partial charge in [-0.15, -0.1) is 5.10 Å². The summed E-state index contributed by atoms with van der Waals surface area (Å²) in [6, 6.07) is 8.26. The maximum atomic E-state index is 12.7. The summed E-state index contributed by atoms with van der Waals surface area (Å²) in [6.45, 7) is 2.05. The van der Waals surface area contributed by atoms with Gasteiger partial charge in [0.2, 0.25) is 5.16 Å². The number of nitrogens with zero attached hydrogens (tertiary/aromatic N) is 4. The Morgan fingerprint density at radius 2 is 2.19 bits per heavy atom. The second-order valence-electron chi connectivity index (χ2n) is 6.55. The monoisotopic (exact) mass is 382 g/mol. The van der Waals surface area contributed by atoms with Crippen molar-refractivity contribution >= 4 is 29.3 Å². The third-order valence-electron chi connectivity index (χ3n) is 4.62. The third-order valence-corrected chi connectivity index (χ3v) is 5.43. The van der Waals surface area contributed by atoms with Gasteiger partial charge in [-0.05, 0) is 24.8 Å². The van der Waals surface area contributed by atoms with Crippen molar-refractivity contribution in [3.05, 3.63) is 52.8 Å². The second kappa shape index (κ2) is 7.11. The number of Topliss-reactive ketones (excluding diaryl/α,β-unsaturated/α-hetero) is 1. The van der Waals surface area contributed by atoms with Gasteiger partial charge in [-0.2, -0.15) is 4.98 Å². The molecule has 138 valence electrons. The first kappa shape index (κ1) is 17.7. The fourth-order valence-electron chi connectivity index (χ4n) is 3.27. The number of methoxy groups -OCH3 is 1. The van der Waals surface area contributed by atoms with Crippen LogP contribution in [0.5, 0.6) is 0 Å². The fraction of sp³-hybridized carbons (Fsp3) is 0.316. The average Bonchev–Trinajstić information content (AvgIpc) is 3.06. The number of carbonyl (C=O) groups excluding carboxylic acids is 2. The third kappa shape index (κ3) is 3.57. The molecule has 0 N–H and O–H groups in total. The van der Waals surface area contributed by atoms with Crippen LogP contribution in [0.25, 0.3) is 5.78 Å². The number of benzene rings is 1. The Morgan fingerprint density at radius 3 is 2.96 bits per heavy atom. The molecule has 7 nitrogen and oxygen atoms in total. The van der Waals surface area contributed by atoms with Crippen molar-refractivity contribution < 1.29 is 14.3 Å². The first-order chi connectivity index (χ1) is 13.0. The van der Waals surface area contributed by atoms with Gasteiger partial charge in [0.05, 0.1) is 24.1 Å². The number of rotatable bonds is 4. The highest BCUT2D eigenvalue weighted by atomic mass is 32.2. The quantitative estimate of drug-likeness (QED) is 0.506. The molecule has 1 aliphatic rings. The molecule has 8 heteroatoms. The maximum absolute atomic E-state index is 12.7. The number of ketones is 1. The molecule has 0 unspecified atom stereocenters. The van der Waals surface area contributed by atoms with Gasteiger partial charge in [-0.1, -0.05) is 41.6 Å². The minimum atomic E-state index is -0.345.